The summed E-state index contributed by atoms with van der Waals surface area (Å²) < 4.78 is 10.5. The van der Waals surface area contributed by atoms with Crippen LogP contribution in [0.5, 0.6) is 11.5 Å². The number of hydrogen-bond donors (Lipinski definition) is 2. The van der Waals surface area contributed by atoms with Crippen molar-refractivity contribution >= 4 is 23.4 Å². The van der Waals surface area contributed by atoms with E-state index in [0.29, 0.717) is 43.4 Å². The van der Waals surface area contributed by atoms with Gasteiger partial charge in [-0.05, 0) is 31.2 Å². The van der Waals surface area contributed by atoms with E-state index in [1.807, 2.05) is 19.1 Å². The number of urea groups is 1. The van der Waals surface area contributed by atoms with Gasteiger partial charge in [0.2, 0.25) is 0 Å². The smallest absolute Gasteiger partial charge is 0.321 e. The Balaban J connectivity index is 1.55. The zero-order valence-electron chi connectivity index (χ0n) is 16.4. The van der Waals surface area contributed by atoms with Crippen LogP contribution in [-0.2, 0) is 0 Å². The van der Waals surface area contributed by atoms with E-state index in [-0.39, 0.29) is 6.03 Å². The molecule has 28 heavy (non-hydrogen) atoms. The van der Waals surface area contributed by atoms with Crippen LogP contribution in [0, 0.1) is 0 Å². The summed E-state index contributed by atoms with van der Waals surface area (Å²) in [6.07, 6.45) is 0. The number of carbonyl (C=O) groups excluding carboxylic acids is 1. The van der Waals surface area contributed by atoms with Crippen molar-refractivity contribution in [3.63, 3.8) is 0 Å². The molecule has 1 aliphatic rings. The Morgan fingerprint density at radius 2 is 1.79 bits per heavy atom. The number of carbonyl (C=O) groups is 1. The number of methoxy groups -OCH3 is 2. The molecule has 2 heterocycles. The van der Waals surface area contributed by atoms with E-state index in [4.69, 9.17) is 9.47 Å². The quantitative estimate of drug-likeness (QED) is 0.787. The lowest BCUT2D eigenvalue weighted by molar-refractivity contribution is 0.208. The van der Waals surface area contributed by atoms with Crippen LogP contribution in [0.4, 0.5) is 22.1 Å². The molecule has 1 aromatic heterocycles. The number of nitrogens with zero attached hydrogens (tertiary/aromatic N) is 4. The van der Waals surface area contributed by atoms with Crippen molar-refractivity contribution in [3.8, 4) is 11.5 Å². The Morgan fingerprint density at radius 1 is 1.04 bits per heavy atom. The van der Waals surface area contributed by atoms with Crippen LogP contribution >= 0.6 is 0 Å². The van der Waals surface area contributed by atoms with Crippen LogP contribution in [0.15, 0.2) is 30.3 Å². The first-order valence-corrected chi connectivity index (χ1v) is 9.25. The lowest BCUT2D eigenvalue weighted by Crippen LogP contribution is -2.50. The number of nitrogens with one attached hydrogen (secondary N) is 2. The summed E-state index contributed by atoms with van der Waals surface area (Å²) in [5, 5.41) is 14.5. The molecule has 0 unspecified atom stereocenters. The van der Waals surface area contributed by atoms with E-state index in [9.17, 15) is 4.79 Å². The summed E-state index contributed by atoms with van der Waals surface area (Å²) >= 11 is 0. The first kappa shape index (κ1) is 19.5. The molecule has 3 rings (SSSR count). The first-order valence-electron chi connectivity index (χ1n) is 9.25. The molecule has 1 fully saturated rings. The molecule has 0 radical (unpaired) electrons. The molecule has 2 N–H and O–H groups in total. The molecule has 0 spiro atoms. The van der Waals surface area contributed by atoms with Gasteiger partial charge in [0.25, 0.3) is 0 Å². The fourth-order valence-corrected chi connectivity index (χ4v) is 3.02. The summed E-state index contributed by atoms with van der Waals surface area (Å²) in [5.41, 5.74) is 0.662. The van der Waals surface area contributed by atoms with Crippen LogP contribution in [0.1, 0.15) is 6.92 Å². The third kappa shape index (κ3) is 4.54. The summed E-state index contributed by atoms with van der Waals surface area (Å²) in [4.78, 5) is 16.5. The Bertz CT molecular complexity index is 791. The van der Waals surface area contributed by atoms with E-state index in [1.165, 1.54) is 0 Å². The number of piperazine rings is 1. The SMILES string of the molecule is CCNc1ccc(N2CCN(C(=O)Nc3ccc(OC)c(OC)c3)CC2)nn1. The van der Waals surface area contributed by atoms with Crippen molar-refractivity contribution in [3.05, 3.63) is 30.3 Å². The lowest BCUT2D eigenvalue weighted by Gasteiger charge is -2.35. The highest BCUT2D eigenvalue weighted by Crippen LogP contribution is 2.29. The van der Waals surface area contributed by atoms with E-state index in [2.05, 4.69) is 25.7 Å². The summed E-state index contributed by atoms with van der Waals surface area (Å²) in [6, 6.07) is 9.03. The van der Waals surface area contributed by atoms with Gasteiger partial charge in [-0.2, -0.15) is 0 Å². The zero-order chi connectivity index (χ0) is 19.9. The van der Waals surface area contributed by atoms with Gasteiger partial charge in [0.1, 0.15) is 5.82 Å². The lowest BCUT2D eigenvalue weighted by atomic mass is 10.2. The van der Waals surface area contributed by atoms with Crippen molar-refractivity contribution < 1.29 is 14.3 Å². The molecule has 0 saturated carbocycles. The molecule has 1 aromatic carbocycles. The second-order valence-electron chi connectivity index (χ2n) is 6.28. The first-order chi connectivity index (χ1) is 13.6. The van der Waals surface area contributed by atoms with Crippen molar-refractivity contribution in [2.24, 2.45) is 0 Å². The second-order valence-corrected chi connectivity index (χ2v) is 6.28. The maximum absolute atomic E-state index is 12.6. The van der Waals surface area contributed by atoms with Crippen LogP contribution in [0.3, 0.4) is 0 Å². The number of ether oxygens (including phenoxy) is 2. The minimum Gasteiger partial charge on any atom is -0.493 e. The minimum absolute atomic E-state index is 0.138. The topological polar surface area (TPSA) is 91.9 Å². The van der Waals surface area contributed by atoms with E-state index in [1.54, 1.807) is 37.3 Å². The molecule has 2 aromatic rings. The third-order valence-corrected chi connectivity index (χ3v) is 4.53. The van der Waals surface area contributed by atoms with Gasteiger partial charge in [-0.25, -0.2) is 4.79 Å². The van der Waals surface area contributed by atoms with Gasteiger partial charge in [0, 0.05) is 44.5 Å². The van der Waals surface area contributed by atoms with Crippen molar-refractivity contribution in [2.45, 2.75) is 6.92 Å². The Labute approximate surface area is 164 Å². The van der Waals surface area contributed by atoms with Crippen molar-refractivity contribution in [2.75, 3.05) is 62.5 Å². The Kier molecular flexibility index (Phi) is 6.36. The number of amides is 2. The molecule has 9 heteroatoms. The third-order valence-electron chi connectivity index (χ3n) is 4.53. The van der Waals surface area contributed by atoms with Crippen LogP contribution in [0.2, 0.25) is 0 Å². The number of aromatic nitrogens is 2. The number of rotatable bonds is 6. The molecule has 2 amide bonds. The largest absolute Gasteiger partial charge is 0.493 e. The van der Waals surface area contributed by atoms with Gasteiger partial charge in [-0.15, -0.1) is 10.2 Å². The molecule has 1 aliphatic heterocycles. The summed E-state index contributed by atoms with van der Waals surface area (Å²) in [6.45, 7) is 5.44. The van der Waals surface area contributed by atoms with Gasteiger partial charge >= 0.3 is 6.03 Å². The predicted octanol–water partition coefficient (Wildman–Crippen LogP) is 2.28. The van der Waals surface area contributed by atoms with Gasteiger partial charge < -0.3 is 29.9 Å². The zero-order valence-corrected chi connectivity index (χ0v) is 16.4. The molecule has 150 valence electrons. The normalized spacial score (nSPS) is 13.8. The highest BCUT2D eigenvalue weighted by molar-refractivity contribution is 5.90. The van der Waals surface area contributed by atoms with Gasteiger partial charge in [-0.3, -0.25) is 0 Å². The average Bonchev–Trinajstić information content (AvgIpc) is 2.74. The predicted molar refractivity (Wildman–Crippen MR) is 109 cm³/mol. The molecule has 9 nitrogen and oxygen atoms in total. The Morgan fingerprint density at radius 3 is 2.39 bits per heavy atom. The molecule has 1 saturated heterocycles. The highest BCUT2D eigenvalue weighted by atomic mass is 16.5. The average molecular weight is 386 g/mol. The van der Waals surface area contributed by atoms with Crippen molar-refractivity contribution in [1.29, 1.82) is 0 Å². The van der Waals surface area contributed by atoms with E-state index in [0.717, 1.165) is 18.2 Å². The number of hydrogen-bond acceptors (Lipinski definition) is 7. The number of benzene rings is 1. The maximum atomic E-state index is 12.6. The summed E-state index contributed by atoms with van der Waals surface area (Å²) in [5.74, 6) is 2.78. The van der Waals surface area contributed by atoms with Crippen LogP contribution < -0.4 is 25.0 Å². The maximum Gasteiger partial charge on any atom is 0.321 e. The Hall–Kier alpha value is -3.23. The standard InChI is InChI=1S/C19H26N6O3/c1-4-20-17-7-8-18(23-22-17)24-9-11-25(12-10-24)19(26)21-14-5-6-15(27-2)16(13-14)28-3/h5-8,13H,4,9-12H2,1-3H3,(H,20,22)(H,21,26). The van der Waals surface area contributed by atoms with Crippen LogP contribution in [0.25, 0.3) is 0 Å². The highest BCUT2D eigenvalue weighted by Gasteiger charge is 2.22. The monoisotopic (exact) mass is 386 g/mol. The molecule has 0 aliphatic carbocycles. The molecular formula is C19H26N6O3. The molecule has 0 bridgehead atoms. The second kappa shape index (κ2) is 9.12. The molecule has 0 atom stereocenters. The summed E-state index contributed by atoms with van der Waals surface area (Å²) in [7, 11) is 3.14. The van der Waals surface area contributed by atoms with E-state index < -0.39 is 0 Å². The molecular weight excluding hydrogens is 360 g/mol. The number of anilines is 3. The fraction of sp³-hybridized carbons (Fsp3) is 0.421. The van der Waals surface area contributed by atoms with Crippen molar-refractivity contribution in [1.82, 2.24) is 15.1 Å². The van der Waals surface area contributed by atoms with Gasteiger partial charge in [0.15, 0.2) is 17.3 Å². The van der Waals surface area contributed by atoms with Gasteiger partial charge in [-0.1, -0.05) is 0 Å². The fourth-order valence-electron chi connectivity index (χ4n) is 3.02. The van der Waals surface area contributed by atoms with Crippen LogP contribution in [-0.4, -0.2) is 68.1 Å². The van der Waals surface area contributed by atoms with E-state index >= 15 is 0 Å². The minimum atomic E-state index is -0.138. The van der Waals surface area contributed by atoms with Gasteiger partial charge in [0.05, 0.1) is 14.2 Å².